The summed E-state index contributed by atoms with van der Waals surface area (Å²) in [6.45, 7) is 0. The van der Waals surface area contributed by atoms with Crippen LogP contribution in [-0.2, 0) is 6.18 Å². The number of hydrogen-bond donors (Lipinski definition) is 0. The second-order valence-corrected chi connectivity index (χ2v) is 4.80. The van der Waals surface area contributed by atoms with Crippen molar-refractivity contribution in [2.75, 3.05) is 0 Å². The Kier molecular flexibility index (Phi) is 3.19. The lowest BCUT2D eigenvalue weighted by atomic mass is 9.97. The minimum absolute atomic E-state index is 0.0496. The van der Waals surface area contributed by atoms with Crippen molar-refractivity contribution < 1.29 is 30.9 Å². The van der Waals surface area contributed by atoms with Gasteiger partial charge in [0, 0.05) is 12.1 Å². The van der Waals surface area contributed by atoms with Gasteiger partial charge in [-0.15, -0.1) is 0 Å². The largest absolute Gasteiger partial charge is 0.834 e. The molecule has 0 unspecified atom stereocenters. The van der Waals surface area contributed by atoms with Gasteiger partial charge in [0.15, 0.2) is 5.69 Å². The number of para-hydroxylation sites is 1. The van der Waals surface area contributed by atoms with Crippen molar-refractivity contribution in [3.63, 3.8) is 0 Å². The zero-order valence-electron chi connectivity index (χ0n) is 11.0. The van der Waals surface area contributed by atoms with Gasteiger partial charge < -0.3 is 17.8 Å². The van der Waals surface area contributed by atoms with E-state index in [0.29, 0.717) is 4.49 Å². The van der Waals surface area contributed by atoms with Gasteiger partial charge in [-0.25, -0.2) is 0 Å². The molecule has 0 saturated heterocycles. The van der Waals surface area contributed by atoms with Gasteiger partial charge in [-0.05, 0) is 18.2 Å². The van der Waals surface area contributed by atoms with E-state index in [1.807, 2.05) is 0 Å². The van der Waals surface area contributed by atoms with Crippen molar-refractivity contribution in [1.82, 2.24) is 0 Å². The molecule has 0 bridgehead atoms. The van der Waals surface area contributed by atoms with Crippen LogP contribution in [0.5, 0.6) is 5.75 Å². The number of halogens is 5. The molecule has 2 nitrogen and oxygen atoms in total. The van der Waals surface area contributed by atoms with Crippen LogP contribution in [0.3, 0.4) is 0 Å². The van der Waals surface area contributed by atoms with Crippen LogP contribution in [0.25, 0.3) is 0 Å². The van der Waals surface area contributed by atoms with Crippen LogP contribution in [0.15, 0.2) is 48.5 Å². The number of fused-ring (bicyclic) bond motifs is 1. The van der Waals surface area contributed by atoms with Gasteiger partial charge in [0.05, 0.1) is 16.9 Å². The molecule has 2 aromatic rings. The summed E-state index contributed by atoms with van der Waals surface area (Å²) in [5.74, 6) is -0.273. The Morgan fingerprint density at radius 1 is 0.955 bits per heavy atom. The third-order valence-corrected chi connectivity index (χ3v) is 3.26. The predicted molar refractivity (Wildman–Crippen MR) is 71.6 cm³/mol. The Hall–Kier alpha value is -2.38. The number of alkyl halides is 3. The monoisotopic (exact) mass is 313 g/mol. The summed E-state index contributed by atoms with van der Waals surface area (Å²) in [4.78, 5) is 0. The van der Waals surface area contributed by atoms with E-state index >= 15 is 0 Å². The summed E-state index contributed by atoms with van der Waals surface area (Å²) in [5.41, 5.74) is -0.834. The Morgan fingerprint density at radius 3 is 2.27 bits per heavy atom. The molecule has 0 aliphatic carbocycles. The quantitative estimate of drug-likeness (QED) is 0.567. The van der Waals surface area contributed by atoms with Crippen molar-refractivity contribution in [2.45, 2.75) is 6.18 Å². The van der Waals surface area contributed by atoms with Gasteiger partial charge >= 0.3 is 13.2 Å². The summed E-state index contributed by atoms with van der Waals surface area (Å²) in [7, 11) is -4.40. The zero-order valence-corrected chi connectivity index (χ0v) is 11.0. The van der Waals surface area contributed by atoms with Gasteiger partial charge in [0.1, 0.15) is 6.21 Å². The lowest BCUT2D eigenvalue weighted by Crippen LogP contribution is -2.46. The summed E-state index contributed by atoms with van der Waals surface area (Å²) >= 11 is 0. The molecule has 0 fully saturated rings. The first-order valence-corrected chi connectivity index (χ1v) is 6.37. The molecular formula is C14H9BF5NO. The van der Waals surface area contributed by atoms with Crippen LogP contribution in [0.2, 0.25) is 0 Å². The fourth-order valence-corrected chi connectivity index (χ4v) is 2.23. The van der Waals surface area contributed by atoms with Crippen LogP contribution in [0, 0.1) is 0 Å². The third-order valence-electron chi connectivity index (χ3n) is 3.26. The Labute approximate surface area is 122 Å². The Bertz CT molecular complexity index is 743. The predicted octanol–water partition coefficient (Wildman–Crippen LogP) is 4.24. The van der Waals surface area contributed by atoms with Gasteiger partial charge in [-0.3, -0.25) is 0 Å². The Morgan fingerprint density at radius 2 is 1.64 bits per heavy atom. The van der Waals surface area contributed by atoms with Crippen molar-refractivity contribution in [3.8, 4) is 5.75 Å². The van der Waals surface area contributed by atoms with E-state index in [1.165, 1.54) is 12.1 Å². The SMILES string of the molecule is F[B-]1(F)Oc2ccc(C(F)(F)F)cc2C=[N+]1c1ccccc1. The average Bonchev–Trinajstić information content (AvgIpc) is 2.45. The summed E-state index contributed by atoms with van der Waals surface area (Å²) < 4.78 is 71.5. The minimum Gasteiger partial charge on any atom is -0.599 e. The highest BCUT2D eigenvalue weighted by atomic mass is 19.4. The summed E-state index contributed by atoms with van der Waals surface area (Å²) in [6, 6.07) is 10.0. The second kappa shape index (κ2) is 4.83. The van der Waals surface area contributed by atoms with Gasteiger partial charge in [0.2, 0.25) is 0 Å². The fraction of sp³-hybridized carbons (Fsp3) is 0.0714. The van der Waals surface area contributed by atoms with Gasteiger partial charge in [-0.1, -0.05) is 18.2 Å². The fourth-order valence-electron chi connectivity index (χ4n) is 2.23. The smallest absolute Gasteiger partial charge is 0.599 e. The Balaban J connectivity index is 2.14. The molecule has 0 amide bonds. The molecule has 0 spiro atoms. The number of benzene rings is 2. The molecule has 1 heterocycles. The first-order valence-electron chi connectivity index (χ1n) is 6.37. The van der Waals surface area contributed by atoms with Crippen molar-refractivity contribution in [1.29, 1.82) is 0 Å². The maximum atomic E-state index is 14.1. The molecule has 0 aromatic heterocycles. The molecule has 1 aliphatic heterocycles. The van der Waals surface area contributed by atoms with Crippen LogP contribution in [-0.4, -0.2) is 17.7 Å². The number of rotatable bonds is 1. The second-order valence-electron chi connectivity index (χ2n) is 4.80. The van der Waals surface area contributed by atoms with Crippen molar-refractivity contribution >= 4 is 18.9 Å². The first-order chi connectivity index (χ1) is 10.3. The van der Waals surface area contributed by atoms with E-state index in [0.717, 1.165) is 24.4 Å². The van der Waals surface area contributed by atoms with Crippen LogP contribution < -0.4 is 4.65 Å². The summed E-state index contributed by atoms with van der Waals surface area (Å²) in [6.07, 6.45) is -3.57. The number of hydrogen-bond acceptors (Lipinski definition) is 1. The van der Waals surface area contributed by atoms with Crippen molar-refractivity contribution in [2.24, 2.45) is 0 Å². The molecule has 0 saturated carbocycles. The van der Waals surface area contributed by atoms with E-state index in [1.54, 1.807) is 18.2 Å². The molecular weight excluding hydrogens is 304 g/mol. The molecule has 2 aromatic carbocycles. The molecule has 114 valence electrons. The van der Waals surface area contributed by atoms with Crippen LogP contribution >= 0.6 is 0 Å². The number of nitrogens with zero attached hydrogens (tertiary/aromatic N) is 1. The normalized spacial score (nSPS) is 16.5. The highest BCUT2D eigenvalue weighted by Gasteiger charge is 2.50. The summed E-state index contributed by atoms with van der Waals surface area (Å²) in [5, 5.41) is 0. The standard InChI is InChI=1S/C14H9BF5NO/c16-14(17,18)11-6-7-13-10(8-11)9-21(15(19,20)22-13)12-4-2-1-3-5-12/h1-9H. The van der Waals surface area contributed by atoms with Crippen LogP contribution in [0.1, 0.15) is 11.1 Å². The molecule has 0 radical (unpaired) electrons. The van der Waals surface area contributed by atoms with E-state index in [4.69, 9.17) is 0 Å². The highest BCUT2D eigenvalue weighted by Crippen LogP contribution is 2.35. The third kappa shape index (κ3) is 2.56. The first kappa shape index (κ1) is 14.6. The minimum atomic E-state index is -4.55. The highest BCUT2D eigenvalue weighted by molar-refractivity contribution is 6.53. The van der Waals surface area contributed by atoms with Crippen molar-refractivity contribution in [3.05, 3.63) is 59.7 Å². The molecule has 0 N–H and O–H groups in total. The van der Waals surface area contributed by atoms with Crippen LogP contribution in [0.4, 0.5) is 27.5 Å². The zero-order chi connectivity index (χ0) is 16.0. The molecule has 8 heteroatoms. The molecule has 22 heavy (non-hydrogen) atoms. The van der Waals surface area contributed by atoms with Gasteiger partial charge in [0.25, 0.3) is 0 Å². The van der Waals surface area contributed by atoms with E-state index in [9.17, 15) is 21.8 Å². The molecule has 3 rings (SSSR count). The van der Waals surface area contributed by atoms with E-state index in [2.05, 4.69) is 4.65 Å². The molecule has 1 aliphatic rings. The lowest BCUT2D eigenvalue weighted by molar-refractivity contribution is -0.343. The topological polar surface area (TPSA) is 12.2 Å². The molecule has 0 atom stereocenters. The average molecular weight is 313 g/mol. The lowest BCUT2D eigenvalue weighted by Gasteiger charge is -2.28. The maximum absolute atomic E-state index is 14.1. The van der Waals surface area contributed by atoms with Gasteiger partial charge in [-0.2, -0.15) is 13.2 Å². The van der Waals surface area contributed by atoms with E-state index < -0.39 is 18.8 Å². The maximum Gasteiger partial charge on any atom is 0.834 e. The van der Waals surface area contributed by atoms with E-state index in [-0.39, 0.29) is 17.0 Å².